The van der Waals surface area contributed by atoms with Crippen molar-refractivity contribution in [3.63, 3.8) is 0 Å². The van der Waals surface area contributed by atoms with Gasteiger partial charge in [-0.15, -0.1) is 0 Å². The third kappa shape index (κ3) is 2.12. The van der Waals surface area contributed by atoms with E-state index < -0.39 is 32.6 Å². The van der Waals surface area contributed by atoms with Crippen LogP contribution < -0.4 is 10.5 Å². The van der Waals surface area contributed by atoms with Gasteiger partial charge in [-0.25, -0.2) is 21.9 Å². The van der Waals surface area contributed by atoms with Gasteiger partial charge < -0.3 is 10.5 Å². The Kier molecular flexibility index (Phi) is 3.28. The first-order valence-electron chi connectivity index (χ1n) is 6.25. The lowest BCUT2D eigenvalue weighted by molar-refractivity contribution is -0.00926. The van der Waals surface area contributed by atoms with E-state index >= 15 is 0 Å². The van der Waals surface area contributed by atoms with Gasteiger partial charge in [-0.05, 0) is 18.6 Å². The third-order valence-electron chi connectivity index (χ3n) is 3.92. The normalized spacial score (nSPS) is 32.8. The van der Waals surface area contributed by atoms with Crippen LogP contribution in [-0.4, -0.2) is 33.2 Å². The molecule has 4 atom stereocenters. The number of hydrogen-bond donors (Lipinski definition) is 2. The minimum absolute atomic E-state index is 0.140. The number of hydrogen-bond acceptors (Lipinski definition) is 4. The molecular weight excluding hydrogens is 290 g/mol. The van der Waals surface area contributed by atoms with Crippen LogP contribution in [0, 0.1) is 17.6 Å². The van der Waals surface area contributed by atoms with E-state index in [4.69, 9.17) is 10.5 Å². The molecule has 1 aliphatic heterocycles. The molecule has 3 rings (SSSR count). The van der Waals surface area contributed by atoms with Crippen molar-refractivity contribution >= 4 is 10.0 Å². The molecule has 1 aliphatic carbocycles. The van der Waals surface area contributed by atoms with E-state index in [1.165, 1.54) is 0 Å². The summed E-state index contributed by atoms with van der Waals surface area (Å²) < 4.78 is 58.4. The van der Waals surface area contributed by atoms with E-state index in [0.717, 1.165) is 18.6 Å². The van der Waals surface area contributed by atoms with E-state index in [0.29, 0.717) is 12.7 Å². The highest BCUT2D eigenvalue weighted by atomic mass is 32.2. The van der Waals surface area contributed by atoms with Crippen molar-refractivity contribution in [1.82, 2.24) is 4.72 Å². The van der Waals surface area contributed by atoms with Crippen LogP contribution in [0.4, 0.5) is 8.78 Å². The highest BCUT2D eigenvalue weighted by Gasteiger charge is 2.53. The summed E-state index contributed by atoms with van der Waals surface area (Å²) in [6, 6.07) is 1.40. The Labute approximate surface area is 115 Å². The number of nitrogens with one attached hydrogen (secondary N) is 1. The zero-order valence-corrected chi connectivity index (χ0v) is 11.2. The maximum Gasteiger partial charge on any atom is 0.243 e. The molecule has 2 fully saturated rings. The quantitative estimate of drug-likeness (QED) is 0.845. The molecule has 4 unspecified atom stereocenters. The number of ether oxygens (including phenoxy) is 1. The molecule has 5 nitrogen and oxygen atoms in total. The molecule has 0 radical (unpaired) electrons. The van der Waals surface area contributed by atoms with Gasteiger partial charge in [0.1, 0.15) is 16.5 Å². The van der Waals surface area contributed by atoms with Gasteiger partial charge in [-0.3, -0.25) is 0 Å². The van der Waals surface area contributed by atoms with Crippen LogP contribution in [-0.2, 0) is 14.8 Å². The summed E-state index contributed by atoms with van der Waals surface area (Å²) in [5.74, 6) is -1.82. The summed E-state index contributed by atoms with van der Waals surface area (Å²) in [6.45, 7) is 0.548. The highest BCUT2D eigenvalue weighted by molar-refractivity contribution is 7.89. The Morgan fingerprint density at radius 3 is 2.80 bits per heavy atom. The molecule has 1 saturated carbocycles. The second-order valence-electron chi connectivity index (χ2n) is 5.09. The third-order valence-corrected chi connectivity index (χ3v) is 5.41. The fourth-order valence-electron chi connectivity index (χ4n) is 2.83. The monoisotopic (exact) mass is 304 g/mol. The van der Waals surface area contributed by atoms with Gasteiger partial charge in [0.2, 0.25) is 10.0 Å². The SMILES string of the molecule is NC1C2CCOC2C1NS(=O)(=O)c1ccc(F)cc1F. The molecule has 0 spiro atoms. The number of nitrogens with two attached hydrogens (primary N) is 1. The van der Waals surface area contributed by atoms with Crippen molar-refractivity contribution in [3.05, 3.63) is 29.8 Å². The molecular formula is C12H14F2N2O3S. The Bertz CT molecular complexity index is 638. The zero-order valence-electron chi connectivity index (χ0n) is 10.4. The molecule has 110 valence electrons. The molecule has 1 heterocycles. The van der Waals surface area contributed by atoms with Crippen LogP contribution in [0.2, 0.25) is 0 Å². The zero-order chi connectivity index (χ0) is 14.5. The van der Waals surface area contributed by atoms with E-state index in [1.807, 2.05) is 0 Å². The van der Waals surface area contributed by atoms with Gasteiger partial charge in [-0.1, -0.05) is 0 Å². The first-order chi connectivity index (χ1) is 9.40. The second kappa shape index (κ2) is 4.73. The predicted octanol–water partition coefficient (Wildman–Crippen LogP) is 0.358. The summed E-state index contributed by atoms with van der Waals surface area (Å²) in [5, 5.41) is 0. The van der Waals surface area contributed by atoms with Crippen molar-refractivity contribution in [2.45, 2.75) is 29.5 Å². The lowest BCUT2D eigenvalue weighted by Gasteiger charge is -2.45. The molecule has 1 aromatic rings. The molecule has 8 heteroatoms. The first kappa shape index (κ1) is 13.9. The maximum absolute atomic E-state index is 13.6. The largest absolute Gasteiger partial charge is 0.376 e. The molecule has 1 aromatic carbocycles. The predicted molar refractivity (Wildman–Crippen MR) is 66.3 cm³/mol. The van der Waals surface area contributed by atoms with Gasteiger partial charge in [0.05, 0.1) is 12.1 Å². The fourth-order valence-corrected chi connectivity index (χ4v) is 4.17. The molecule has 1 saturated heterocycles. The van der Waals surface area contributed by atoms with Gasteiger partial charge in [0, 0.05) is 24.6 Å². The number of sulfonamides is 1. The minimum Gasteiger partial charge on any atom is -0.376 e. The molecule has 0 amide bonds. The lowest BCUT2D eigenvalue weighted by Crippen LogP contribution is -2.68. The molecule has 20 heavy (non-hydrogen) atoms. The van der Waals surface area contributed by atoms with Crippen molar-refractivity contribution in [2.75, 3.05) is 6.61 Å². The average Bonchev–Trinajstić information content (AvgIpc) is 2.80. The summed E-state index contributed by atoms with van der Waals surface area (Å²) in [6.07, 6.45) is 0.540. The van der Waals surface area contributed by atoms with Crippen molar-refractivity contribution < 1.29 is 21.9 Å². The summed E-state index contributed by atoms with van der Waals surface area (Å²) in [5.41, 5.74) is 5.89. The van der Waals surface area contributed by atoms with Crippen LogP contribution in [0.15, 0.2) is 23.1 Å². The maximum atomic E-state index is 13.6. The van der Waals surface area contributed by atoms with Crippen LogP contribution in [0.1, 0.15) is 6.42 Å². The van der Waals surface area contributed by atoms with E-state index in [-0.39, 0.29) is 18.1 Å². The van der Waals surface area contributed by atoms with E-state index in [1.54, 1.807) is 0 Å². The highest BCUT2D eigenvalue weighted by Crippen LogP contribution is 2.38. The summed E-state index contributed by atoms with van der Waals surface area (Å²) >= 11 is 0. The van der Waals surface area contributed by atoms with Gasteiger partial charge >= 0.3 is 0 Å². The van der Waals surface area contributed by atoms with Crippen LogP contribution >= 0.6 is 0 Å². The number of fused-ring (bicyclic) bond motifs is 1. The topological polar surface area (TPSA) is 81.4 Å². The smallest absolute Gasteiger partial charge is 0.243 e. The Morgan fingerprint density at radius 1 is 1.35 bits per heavy atom. The van der Waals surface area contributed by atoms with Crippen molar-refractivity contribution in [2.24, 2.45) is 11.7 Å². The molecule has 3 N–H and O–H groups in total. The first-order valence-corrected chi connectivity index (χ1v) is 7.73. The Balaban J connectivity index is 1.82. The van der Waals surface area contributed by atoms with Gasteiger partial charge in [0.25, 0.3) is 0 Å². The van der Waals surface area contributed by atoms with Crippen molar-refractivity contribution in [1.29, 1.82) is 0 Å². The molecule has 0 aromatic heterocycles. The summed E-state index contributed by atoms with van der Waals surface area (Å²) in [4.78, 5) is -0.590. The number of rotatable bonds is 3. The van der Waals surface area contributed by atoms with Crippen LogP contribution in [0.5, 0.6) is 0 Å². The Morgan fingerprint density at radius 2 is 2.10 bits per heavy atom. The van der Waals surface area contributed by atoms with E-state index in [2.05, 4.69) is 4.72 Å². The number of halogens is 2. The minimum atomic E-state index is -4.09. The fraction of sp³-hybridized carbons (Fsp3) is 0.500. The standard InChI is InChI=1S/C12H14F2N2O3S/c13-6-1-2-9(8(14)5-6)20(17,18)16-11-10(15)7-3-4-19-12(7)11/h1-2,5,7,10-12,16H,3-4,15H2. The number of benzene rings is 1. The van der Waals surface area contributed by atoms with Crippen LogP contribution in [0.25, 0.3) is 0 Å². The Hall–Kier alpha value is -1.09. The van der Waals surface area contributed by atoms with E-state index in [9.17, 15) is 17.2 Å². The van der Waals surface area contributed by atoms with Crippen molar-refractivity contribution in [3.8, 4) is 0 Å². The summed E-state index contributed by atoms with van der Waals surface area (Å²) in [7, 11) is -4.09. The molecule has 0 bridgehead atoms. The lowest BCUT2D eigenvalue weighted by atomic mass is 9.73. The average molecular weight is 304 g/mol. The van der Waals surface area contributed by atoms with Gasteiger partial charge in [-0.2, -0.15) is 0 Å². The molecule has 2 aliphatic rings. The van der Waals surface area contributed by atoms with Crippen LogP contribution in [0.3, 0.4) is 0 Å². The van der Waals surface area contributed by atoms with Gasteiger partial charge in [0.15, 0.2) is 0 Å². The second-order valence-corrected chi connectivity index (χ2v) is 6.77.